The van der Waals surface area contributed by atoms with Crippen LogP contribution in [0.5, 0.6) is 5.75 Å². The van der Waals surface area contributed by atoms with Gasteiger partial charge in [-0.15, -0.1) is 0 Å². The molecule has 0 fully saturated rings. The SMILES string of the molecule is O=C(CCN1C(=O)COc2ccccc21)NCCOCCO. The lowest BCUT2D eigenvalue weighted by molar-refractivity contribution is -0.122. The van der Waals surface area contributed by atoms with Gasteiger partial charge in [-0.3, -0.25) is 9.59 Å². The van der Waals surface area contributed by atoms with Crippen molar-refractivity contribution in [2.24, 2.45) is 0 Å². The van der Waals surface area contributed by atoms with E-state index in [0.29, 0.717) is 31.1 Å². The zero-order valence-corrected chi connectivity index (χ0v) is 12.3. The number of aliphatic hydroxyl groups is 1. The van der Waals surface area contributed by atoms with Gasteiger partial charge in [-0.05, 0) is 12.1 Å². The highest BCUT2D eigenvalue weighted by molar-refractivity contribution is 5.98. The molecule has 0 saturated heterocycles. The molecule has 1 aromatic carbocycles. The lowest BCUT2D eigenvalue weighted by Gasteiger charge is -2.29. The molecule has 0 aliphatic carbocycles. The molecule has 2 N–H and O–H groups in total. The van der Waals surface area contributed by atoms with Crippen LogP contribution < -0.4 is 15.0 Å². The topological polar surface area (TPSA) is 88.1 Å². The summed E-state index contributed by atoms with van der Waals surface area (Å²) in [6.07, 6.45) is 0.208. The van der Waals surface area contributed by atoms with Gasteiger partial charge in [0.15, 0.2) is 6.61 Å². The van der Waals surface area contributed by atoms with E-state index in [1.807, 2.05) is 12.1 Å². The highest BCUT2D eigenvalue weighted by atomic mass is 16.5. The Hall–Kier alpha value is -2.12. The van der Waals surface area contributed by atoms with Crippen molar-refractivity contribution in [2.45, 2.75) is 6.42 Å². The van der Waals surface area contributed by atoms with Crippen molar-refractivity contribution in [1.29, 1.82) is 0 Å². The first-order chi connectivity index (χ1) is 10.7. The summed E-state index contributed by atoms with van der Waals surface area (Å²) in [5.41, 5.74) is 0.692. The second kappa shape index (κ2) is 8.35. The van der Waals surface area contributed by atoms with Gasteiger partial charge < -0.3 is 24.8 Å². The van der Waals surface area contributed by atoms with Crippen LogP contribution in [-0.2, 0) is 14.3 Å². The summed E-state index contributed by atoms with van der Waals surface area (Å²) in [4.78, 5) is 25.2. The van der Waals surface area contributed by atoms with E-state index in [0.717, 1.165) is 0 Å². The molecule has 0 unspecified atom stereocenters. The van der Waals surface area contributed by atoms with Crippen LogP contribution in [0.15, 0.2) is 24.3 Å². The molecule has 1 aromatic rings. The number of ether oxygens (including phenoxy) is 2. The molecule has 1 aliphatic rings. The predicted octanol–water partition coefficient (Wildman–Crippen LogP) is -0.0728. The number of anilines is 1. The molecule has 1 heterocycles. The number of carbonyl (C=O) groups excluding carboxylic acids is 2. The Morgan fingerprint density at radius 2 is 2.18 bits per heavy atom. The summed E-state index contributed by atoms with van der Waals surface area (Å²) in [6.45, 7) is 1.26. The fourth-order valence-electron chi connectivity index (χ4n) is 2.13. The molecule has 7 nitrogen and oxygen atoms in total. The van der Waals surface area contributed by atoms with Gasteiger partial charge in [0.25, 0.3) is 5.91 Å². The van der Waals surface area contributed by atoms with E-state index < -0.39 is 0 Å². The molecular formula is C15H20N2O5. The summed E-state index contributed by atoms with van der Waals surface area (Å²) in [7, 11) is 0. The maximum Gasteiger partial charge on any atom is 0.265 e. The zero-order chi connectivity index (χ0) is 15.8. The Kier molecular flexibility index (Phi) is 6.17. The largest absolute Gasteiger partial charge is 0.482 e. The third-order valence-electron chi connectivity index (χ3n) is 3.17. The standard InChI is InChI=1S/C15H20N2O5/c18-8-10-21-9-6-16-14(19)5-7-17-12-3-1-2-4-13(12)22-11-15(17)20/h1-4,18H,5-11H2,(H,16,19). The second-order valence-electron chi connectivity index (χ2n) is 4.74. The fraction of sp³-hybridized carbons (Fsp3) is 0.467. The molecule has 1 aliphatic heterocycles. The predicted molar refractivity (Wildman–Crippen MR) is 79.8 cm³/mol. The Morgan fingerprint density at radius 1 is 1.36 bits per heavy atom. The quantitative estimate of drug-likeness (QED) is 0.656. The summed E-state index contributed by atoms with van der Waals surface area (Å²) in [5.74, 6) is 0.349. The normalized spacial score (nSPS) is 13.5. The average molecular weight is 308 g/mol. The van der Waals surface area contributed by atoms with E-state index in [4.69, 9.17) is 14.6 Å². The number of nitrogens with zero attached hydrogens (tertiary/aromatic N) is 1. The minimum absolute atomic E-state index is 0.00632. The van der Waals surface area contributed by atoms with Crippen molar-refractivity contribution in [3.63, 3.8) is 0 Å². The zero-order valence-electron chi connectivity index (χ0n) is 12.3. The van der Waals surface area contributed by atoms with Crippen LogP contribution >= 0.6 is 0 Å². The van der Waals surface area contributed by atoms with Crippen molar-refractivity contribution in [1.82, 2.24) is 5.32 Å². The second-order valence-corrected chi connectivity index (χ2v) is 4.74. The first-order valence-electron chi connectivity index (χ1n) is 7.20. The summed E-state index contributed by atoms with van der Waals surface area (Å²) >= 11 is 0. The van der Waals surface area contributed by atoms with E-state index in [1.54, 1.807) is 17.0 Å². The number of benzene rings is 1. The smallest absolute Gasteiger partial charge is 0.265 e. The molecule has 0 atom stereocenters. The molecule has 0 spiro atoms. The number of fused-ring (bicyclic) bond motifs is 1. The average Bonchev–Trinajstić information content (AvgIpc) is 2.53. The van der Waals surface area contributed by atoms with Crippen LogP contribution in [0, 0.1) is 0 Å². The fourth-order valence-corrected chi connectivity index (χ4v) is 2.13. The number of aliphatic hydroxyl groups excluding tert-OH is 1. The van der Waals surface area contributed by atoms with Gasteiger partial charge in [-0.1, -0.05) is 12.1 Å². The molecule has 2 amide bonds. The van der Waals surface area contributed by atoms with Crippen molar-refractivity contribution in [3.05, 3.63) is 24.3 Å². The van der Waals surface area contributed by atoms with Gasteiger partial charge in [0.05, 0.1) is 25.5 Å². The molecular weight excluding hydrogens is 288 g/mol. The number of carbonyl (C=O) groups is 2. The molecule has 120 valence electrons. The third-order valence-corrected chi connectivity index (χ3v) is 3.17. The molecule has 7 heteroatoms. The number of hydrogen-bond acceptors (Lipinski definition) is 5. The molecule has 2 rings (SSSR count). The number of amides is 2. The van der Waals surface area contributed by atoms with Crippen LogP contribution in [-0.4, -0.2) is 56.4 Å². The monoisotopic (exact) mass is 308 g/mol. The Bertz CT molecular complexity index is 520. The number of hydrogen-bond donors (Lipinski definition) is 2. The Balaban J connectivity index is 1.79. The summed E-state index contributed by atoms with van der Waals surface area (Å²) in [6, 6.07) is 7.26. The van der Waals surface area contributed by atoms with Crippen LogP contribution in [0.25, 0.3) is 0 Å². The minimum Gasteiger partial charge on any atom is -0.482 e. The van der Waals surface area contributed by atoms with E-state index in [1.165, 1.54) is 0 Å². The van der Waals surface area contributed by atoms with Crippen molar-refractivity contribution in [3.8, 4) is 5.75 Å². The van der Waals surface area contributed by atoms with E-state index in [9.17, 15) is 9.59 Å². The summed E-state index contributed by atoms with van der Waals surface area (Å²) < 4.78 is 10.4. The lowest BCUT2D eigenvalue weighted by Crippen LogP contribution is -2.41. The van der Waals surface area contributed by atoms with Crippen LogP contribution in [0.1, 0.15) is 6.42 Å². The van der Waals surface area contributed by atoms with Gasteiger partial charge in [0.1, 0.15) is 5.75 Å². The van der Waals surface area contributed by atoms with Gasteiger partial charge in [-0.2, -0.15) is 0 Å². The van der Waals surface area contributed by atoms with Gasteiger partial charge in [0.2, 0.25) is 5.91 Å². The van der Waals surface area contributed by atoms with Crippen molar-refractivity contribution >= 4 is 17.5 Å². The molecule has 0 aromatic heterocycles. The van der Waals surface area contributed by atoms with Gasteiger partial charge >= 0.3 is 0 Å². The maximum absolute atomic E-state index is 11.9. The highest BCUT2D eigenvalue weighted by Gasteiger charge is 2.25. The van der Waals surface area contributed by atoms with E-state index in [2.05, 4.69) is 5.32 Å². The number of nitrogens with one attached hydrogen (secondary N) is 1. The van der Waals surface area contributed by atoms with E-state index >= 15 is 0 Å². The van der Waals surface area contributed by atoms with Crippen LogP contribution in [0.4, 0.5) is 5.69 Å². The minimum atomic E-state index is -0.155. The molecule has 0 saturated carbocycles. The molecule has 22 heavy (non-hydrogen) atoms. The first-order valence-corrected chi connectivity index (χ1v) is 7.20. The lowest BCUT2D eigenvalue weighted by atomic mass is 10.2. The third kappa shape index (κ3) is 4.44. The van der Waals surface area contributed by atoms with Crippen molar-refractivity contribution in [2.75, 3.05) is 44.4 Å². The number of para-hydroxylation sites is 2. The summed E-state index contributed by atoms with van der Waals surface area (Å²) in [5, 5.41) is 11.3. The Labute approximate surface area is 128 Å². The highest BCUT2D eigenvalue weighted by Crippen LogP contribution is 2.31. The maximum atomic E-state index is 11.9. The molecule has 0 radical (unpaired) electrons. The van der Waals surface area contributed by atoms with Crippen LogP contribution in [0.3, 0.4) is 0 Å². The van der Waals surface area contributed by atoms with E-state index in [-0.39, 0.29) is 38.1 Å². The Morgan fingerprint density at radius 3 is 3.00 bits per heavy atom. The van der Waals surface area contributed by atoms with Crippen LogP contribution in [0.2, 0.25) is 0 Å². The number of rotatable bonds is 8. The van der Waals surface area contributed by atoms with Gasteiger partial charge in [0, 0.05) is 19.5 Å². The molecule has 0 bridgehead atoms. The van der Waals surface area contributed by atoms with Gasteiger partial charge in [-0.25, -0.2) is 0 Å². The first kappa shape index (κ1) is 16.3. The van der Waals surface area contributed by atoms with Crippen molar-refractivity contribution < 1.29 is 24.2 Å².